The number of amides is 2. The van der Waals surface area contributed by atoms with Gasteiger partial charge in [-0.3, -0.25) is 9.59 Å². The lowest BCUT2D eigenvalue weighted by molar-refractivity contribution is -0.146. The monoisotopic (exact) mass is 541 g/mol. The molecular formula is C19H15BrF3N7O2S. The van der Waals surface area contributed by atoms with Crippen molar-refractivity contribution in [2.75, 3.05) is 16.9 Å². The van der Waals surface area contributed by atoms with Crippen LogP contribution < -0.4 is 16.6 Å². The molecule has 0 spiro atoms. The number of hydrogen-bond donors (Lipinski definition) is 3. The van der Waals surface area contributed by atoms with Gasteiger partial charge < -0.3 is 11.2 Å². The van der Waals surface area contributed by atoms with Crippen LogP contribution in [0.1, 0.15) is 21.7 Å². The molecule has 1 heterocycles. The SMILES string of the molecule is Nn1c(SCC(=O)Nc2ccc(C(=O)N/N=C/c3ccc(Br)cc3)cc2)nnc1C(F)(F)F. The summed E-state index contributed by atoms with van der Waals surface area (Å²) in [6, 6.07) is 13.3. The van der Waals surface area contributed by atoms with E-state index >= 15 is 0 Å². The van der Waals surface area contributed by atoms with Crippen molar-refractivity contribution < 1.29 is 22.8 Å². The highest BCUT2D eigenvalue weighted by Crippen LogP contribution is 2.28. The minimum Gasteiger partial charge on any atom is -0.335 e. The summed E-state index contributed by atoms with van der Waals surface area (Å²) >= 11 is 4.02. The lowest BCUT2D eigenvalue weighted by Crippen LogP contribution is -2.22. The summed E-state index contributed by atoms with van der Waals surface area (Å²) in [4.78, 5) is 24.2. The molecular weight excluding hydrogens is 527 g/mol. The third kappa shape index (κ3) is 6.79. The van der Waals surface area contributed by atoms with Gasteiger partial charge in [0.15, 0.2) is 0 Å². The van der Waals surface area contributed by atoms with Crippen LogP contribution in [0, 0.1) is 0 Å². The summed E-state index contributed by atoms with van der Waals surface area (Å²) in [6.07, 6.45) is -3.25. The summed E-state index contributed by atoms with van der Waals surface area (Å²) in [5.41, 5.74) is 3.90. The van der Waals surface area contributed by atoms with Crippen molar-refractivity contribution in [3.63, 3.8) is 0 Å². The van der Waals surface area contributed by atoms with E-state index < -0.39 is 23.8 Å². The summed E-state index contributed by atoms with van der Waals surface area (Å²) in [5.74, 6) is 2.75. The van der Waals surface area contributed by atoms with Crippen molar-refractivity contribution in [1.29, 1.82) is 0 Å². The standard InChI is InChI=1S/C19H15BrF3N7O2S/c20-13-5-1-11(2-6-13)9-25-27-16(32)12-3-7-14(8-4-12)26-15(31)10-33-18-29-28-17(30(18)24)19(21,22)23/h1-9H,10,24H2,(H,26,31)(H,27,32)/b25-9+. The number of thioether (sulfide) groups is 1. The van der Waals surface area contributed by atoms with E-state index in [0.29, 0.717) is 23.0 Å². The molecule has 0 aliphatic rings. The van der Waals surface area contributed by atoms with Crippen LogP contribution in [0.4, 0.5) is 18.9 Å². The van der Waals surface area contributed by atoms with Gasteiger partial charge in [0, 0.05) is 15.7 Å². The largest absolute Gasteiger partial charge is 0.453 e. The molecule has 0 unspecified atom stereocenters. The fourth-order valence-corrected chi connectivity index (χ4v) is 3.30. The molecule has 2 amide bonds. The number of alkyl halides is 3. The van der Waals surface area contributed by atoms with Crippen molar-refractivity contribution in [2.24, 2.45) is 5.10 Å². The van der Waals surface area contributed by atoms with Gasteiger partial charge in [-0.2, -0.15) is 18.3 Å². The minimum atomic E-state index is -4.75. The molecule has 9 nitrogen and oxygen atoms in total. The van der Waals surface area contributed by atoms with E-state index in [2.05, 4.69) is 42.0 Å². The molecule has 0 aliphatic carbocycles. The van der Waals surface area contributed by atoms with Crippen molar-refractivity contribution in [3.05, 3.63) is 70.0 Å². The first-order valence-electron chi connectivity index (χ1n) is 9.03. The Bertz CT molecular complexity index is 1170. The third-order valence-electron chi connectivity index (χ3n) is 3.93. The van der Waals surface area contributed by atoms with Gasteiger partial charge in [-0.1, -0.05) is 39.8 Å². The van der Waals surface area contributed by atoms with Crippen molar-refractivity contribution in [2.45, 2.75) is 11.3 Å². The Balaban J connectivity index is 1.49. The normalized spacial score (nSPS) is 11.5. The maximum Gasteiger partial charge on any atom is 0.453 e. The van der Waals surface area contributed by atoms with Crippen LogP contribution in [0.15, 0.2) is 63.3 Å². The predicted molar refractivity (Wildman–Crippen MR) is 120 cm³/mol. The zero-order chi connectivity index (χ0) is 24.0. The van der Waals surface area contributed by atoms with Gasteiger partial charge in [0.1, 0.15) is 0 Å². The number of anilines is 1. The van der Waals surface area contributed by atoms with Crippen LogP contribution in [0.5, 0.6) is 0 Å². The molecule has 33 heavy (non-hydrogen) atoms. The number of carbonyl (C=O) groups is 2. The Hall–Kier alpha value is -3.39. The molecule has 0 atom stereocenters. The molecule has 14 heteroatoms. The number of carbonyl (C=O) groups excluding carboxylic acids is 2. The van der Waals surface area contributed by atoms with Crippen molar-refractivity contribution >= 4 is 51.4 Å². The van der Waals surface area contributed by atoms with Gasteiger partial charge in [0.05, 0.1) is 12.0 Å². The lowest BCUT2D eigenvalue weighted by atomic mass is 10.2. The lowest BCUT2D eigenvalue weighted by Gasteiger charge is -2.07. The van der Waals surface area contributed by atoms with Gasteiger partial charge >= 0.3 is 6.18 Å². The maximum absolute atomic E-state index is 12.7. The molecule has 4 N–H and O–H groups in total. The second-order valence-corrected chi connectivity index (χ2v) is 8.20. The van der Waals surface area contributed by atoms with Crippen LogP contribution in [0.2, 0.25) is 0 Å². The Labute approximate surface area is 197 Å². The summed E-state index contributed by atoms with van der Waals surface area (Å²) < 4.78 is 39.2. The maximum atomic E-state index is 12.7. The molecule has 3 aromatic rings. The number of aromatic nitrogens is 3. The first kappa shape index (κ1) is 24.3. The van der Waals surface area contributed by atoms with E-state index in [1.54, 1.807) is 0 Å². The third-order valence-corrected chi connectivity index (χ3v) is 5.40. The Morgan fingerprint density at radius 3 is 2.39 bits per heavy atom. The Morgan fingerprint density at radius 2 is 1.79 bits per heavy atom. The number of benzene rings is 2. The van der Waals surface area contributed by atoms with E-state index in [1.165, 1.54) is 30.5 Å². The molecule has 0 fully saturated rings. The van der Waals surface area contributed by atoms with Crippen LogP contribution in [0.3, 0.4) is 0 Å². The minimum absolute atomic E-state index is 0.250. The number of rotatable bonds is 7. The average molecular weight is 542 g/mol. The highest BCUT2D eigenvalue weighted by molar-refractivity contribution is 9.10. The quantitative estimate of drug-likeness (QED) is 0.182. The summed E-state index contributed by atoms with van der Waals surface area (Å²) in [7, 11) is 0. The van der Waals surface area contributed by atoms with E-state index in [1.807, 2.05) is 24.3 Å². The highest BCUT2D eigenvalue weighted by Gasteiger charge is 2.38. The fourth-order valence-electron chi connectivity index (χ4n) is 2.38. The number of halogens is 4. The van der Waals surface area contributed by atoms with Crippen molar-refractivity contribution in [1.82, 2.24) is 20.3 Å². The summed E-state index contributed by atoms with van der Waals surface area (Å²) in [5, 5.41) is 12.5. The van der Waals surface area contributed by atoms with Crippen LogP contribution in [-0.4, -0.2) is 38.7 Å². The Kier molecular flexibility index (Phi) is 7.71. The molecule has 0 bridgehead atoms. The first-order chi connectivity index (χ1) is 15.6. The molecule has 2 aromatic carbocycles. The summed E-state index contributed by atoms with van der Waals surface area (Å²) in [6.45, 7) is 0. The molecule has 172 valence electrons. The first-order valence-corrected chi connectivity index (χ1v) is 10.8. The molecule has 1 aromatic heterocycles. The number of hydrogen-bond acceptors (Lipinski definition) is 7. The van der Waals surface area contributed by atoms with Crippen molar-refractivity contribution in [3.8, 4) is 0 Å². The number of nitrogens with zero attached hydrogens (tertiary/aromatic N) is 4. The second kappa shape index (κ2) is 10.5. The molecule has 0 saturated heterocycles. The number of nitrogen functional groups attached to an aromatic ring is 1. The highest BCUT2D eigenvalue weighted by atomic mass is 79.9. The predicted octanol–water partition coefficient (Wildman–Crippen LogP) is 3.27. The average Bonchev–Trinajstić information content (AvgIpc) is 3.15. The topological polar surface area (TPSA) is 127 Å². The fraction of sp³-hybridized carbons (Fsp3) is 0.105. The van der Waals surface area contributed by atoms with Gasteiger partial charge in [-0.05, 0) is 42.0 Å². The zero-order valence-electron chi connectivity index (χ0n) is 16.5. The second-order valence-electron chi connectivity index (χ2n) is 6.34. The van der Waals surface area contributed by atoms with Crippen LogP contribution >= 0.6 is 27.7 Å². The van der Waals surface area contributed by atoms with E-state index in [-0.39, 0.29) is 15.6 Å². The van der Waals surface area contributed by atoms with Gasteiger partial charge in [-0.25, -0.2) is 10.1 Å². The molecule has 0 aliphatic heterocycles. The zero-order valence-corrected chi connectivity index (χ0v) is 18.9. The Morgan fingerprint density at radius 1 is 1.12 bits per heavy atom. The van der Waals surface area contributed by atoms with E-state index in [0.717, 1.165) is 10.0 Å². The van der Waals surface area contributed by atoms with Gasteiger partial charge in [-0.15, -0.1) is 10.2 Å². The molecule has 0 radical (unpaired) electrons. The number of hydrazone groups is 1. The van der Waals surface area contributed by atoms with Gasteiger partial charge in [0.25, 0.3) is 11.7 Å². The van der Waals surface area contributed by atoms with E-state index in [4.69, 9.17) is 5.84 Å². The van der Waals surface area contributed by atoms with Crippen LogP contribution in [0.25, 0.3) is 0 Å². The van der Waals surface area contributed by atoms with E-state index in [9.17, 15) is 22.8 Å². The number of nitrogens with one attached hydrogen (secondary N) is 2. The van der Waals surface area contributed by atoms with Gasteiger partial charge in [0.2, 0.25) is 11.1 Å². The smallest absolute Gasteiger partial charge is 0.335 e. The molecule has 3 rings (SSSR count). The van der Waals surface area contributed by atoms with Crippen LogP contribution in [-0.2, 0) is 11.0 Å². The number of nitrogens with two attached hydrogens (primary N) is 1. The molecule has 0 saturated carbocycles.